The largest absolute Gasteiger partial charge is 1.00 e. The van der Waals surface area contributed by atoms with Gasteiger partial charge < -0.3 is 17.7 Å². The van der Waals surface area contributed by atoms with Gasteiger partial charge in [-0.3, -0.25) is 5.32 Å². The number of hydrogen-bond acceptors (Lipinski definition) is 2. The summed E-state index contributed by atoms with van der Waals surface area (Å²) in [6.45, 7) is 2.99. The van der Waals surface area contributed by atoms with Crippen molar-refractivity contribution in [2.24, 2.45) is 4.99 Å². The summed E-state index contributed by atoms with van der Waals surface area (Å²) in [4.78, 5) is 4.39. The highest BCUT2D eigenvalue weighted by Crippen LogP contribution is 1.96. The lowest BCUT2D eigenvalue weighted by molar-refractivity contribution is -0.547. The molecule has 3 nitrogen and oxygen atoms in total. The molecule has 4 heteroatoms. The highest BCUT2D eigenvalue weighted by molar-refractivity contribution is 5.70. The van der Waals surface area contributed by atoms with Gasteiger partial charge in [0.1, 0.15) is 0 Å². The fourth-order valence-corrected chi connectivity index (χ4v) is 1.51. The van der Waals surface area contributed by atoms with E-state index < -0.39 is 0 Å². The van der Waals surface area contributed by atoms with Crippen LogP contribution in [-0.2, 0) is 6.54 Å². The molecule has 1 aromatic rings. The Kier molecular flexibility index (Phi) is 5.15. The SMILES string of the molecule is [Cl-].c1ccc(CNC2=NCCC[NH2+]2)cc1. The first-order valence-corrected chi connectivity index (χ1v) is 5.10. The van der Waals surface area contributed by atoms with Crippen molar-refractivity contribution < 1.29 is 17.7 Å². The zero-order valence-corrected chi connectivity index (χ0v) is 9.37. The number of nitrogens with two attached hydrogens (primary N) is 1. The van der Waals surface area contributed by atoms with Crippen LogP contribution in [0.3, 0.4) is 0 Å². The molecule has 0 fully saturated rings. The standard InChI is InChI=1S/C11H15N3.ClH/c1-2-5-10(6-3-1)9-14-11-12-7-4-8-13-11;/h1-3,5-6H,4,7-9H2,(H2,12,13,14);1H. The molecule has 0 spiro atoms. The summed E-state index contributed by atoms with van der Waals surface area (Å²) in [6, 6.07) is 10.4. The summed E-state index contributed by atoms with van der Waals surface area (Å²) in [5, 5.41) is 5.51. The van der Waals surface area contributed by atoms with Crippen molar-refractivity contribution >= 4 is 5.96 Å². The van der Waals surface area contributed by atoms with E-state index in [9.17, 15) is 0 Å². The minimum Gasteiger partial charge on any atom is -1.00 e. The van der Waals surface area contributed by atoms with Crippen molar-refractivity contribution in [1.29, 1.82) is 0 Å². The van der Waals surface area contributed by atoms with Gasteiger partial charge in [-0.2, -0.15) is 0 Å². The van der Waals surface area contributed by atoms with Crippen LogP contribution in [0.5, 0.6) is 0 Å². The third kappa shape index (κ3) is 3.90. The predicted octanol–water partition coefficient (Wildman–Crippen LogP) is -2.90. The second-order valence-electron chi connectivity index (χ2n) is 3.45. The Labute approximate surface area is 96.4 Å². The number of hydrogen-bond donors (Lipinski definition) is 2. The van der Waals surface area contributed by atoms with E-state index in [1.807, 2.05) is 6.07 Å². The summed E-state index contributed by atoms with van der Waals surface area (Å²) in [7, 11) is 0. The molecule has 1 aromatic carbocycles. The third-order valence-corrected chi connectivity index (χ3v) is 2.30. The molecule has 0 bridgehead atoms. The van der Waals surface area contributed by atoms with Crippen molar-refractivity contribution in [2.45, 2.75) is 13.0 Å². The molecular formula is C11H16ClN3. The number of rotatable bonds is 2. The molecule has 0 unspecified atom stereocenters. The predicted molar refractivity (Wildman–Crippen MR) is 57.0 cm³/mol. The molecule has 1 heterocycles. The van der Waals surface area contributed by atoms with Crippen LogP contribution in [0.1, 0.15) is 12.0 Å². The van der Waals surface area contributed by atoms with Crippen molar-refractivity contribution in [2.75, 3.05) is 13.1 Å². The average Bonchev–Trinajstić information content (AvgIpc) is 2.29. The van der Waals surface area contributed by atoms with Crippen LogP contribution >= 0.6 is 0 Å². The average molecular weight is 226 g/mol. The first-order chi connectivity index (χ1) is 6.95. The van der Waals surface area contributed by atoms with Crippen molar-refractivity contribution in [3.63, 3.8) is 0 Å². The van der Waals surface area contributed by atoms with Gasteiger partial charge in [0.15, 0.2) is 0 Å². The maximum absolute atomic E-state index is 4.39. The van der Waals surface area contributed by atoms with Crippen LogP contribution in [0.2, 0.25) is 0 Å². The summed E-state index contributed by atoms with van der Waals surface area (Å²) in [6.07, 6.45) is 1.19. The van der Waals surface area contributed by atoms with Crippen molar-refractivity contribution in [1.82, 2.24) is 5.32 Å². The molecule has 1 aliphatic heterocycles. The van der Waals surface area contributed by atoms with E-state index in [4.69, 9.17) is 0 Å². The summed E-state index contributed by atoms with van der Waals surface area (Å²) >= 11 is 0. The number of nitrogens with one attached hydrogen (secondary N) is 1. The van der Waals surface area contributed by atoms with Crippen molar-refractivity contribution in [3.05, 3.63) is 35.9 Å². The van der Waals surface area contributed by atoms with E-state index in [0.29, 0.717) is 0 Å². The Morgan fingerprint density at radius 1 is 1.27 bits per heavy atom. The molecule has 0 radical (unpaired) electrons. The summed E-state index contributed by atoms with van der Waals surface area (Å²) in [5.41, 5.74) is 1.30. The van der Waals surface area contributed by atoms with Gasteiger partial charge in [0.05, 0.1) is 13.1 Å². The minimum atomic E-state index is 0. The smallest absolute Gasteiger partial charge is 0.294 e. The fourth-order valence-electron chi connectivity index (χ4n) is 1.51. The number of nitrogens with zero attached hydrogens (tertiary/aromatic N) is 1. The fraction of sp³-hybridized carbons (Fsp3) is 0.364. The van der Waals surface area contributed by atoms with E-state index >= 15 is 0 Å². The Morgan fingerprint density at radius 3 is 2.73 bits per heavy atom. The normalized spacial score (nSPS) is 15.1. The lowest BCUT2D eigenvalue weighted by Gasteiger charge is -2.10. The Hall–Kier alpha value is -1.06. The van der Waals surface area contributed by atoms with E-state index in [1.54, 1.807) is 0 Å². The van der Waals surface area contributed by atoms with Gasteiger partial charge in [0.25, 0.3) is 5.96 Å². The lowest BCUT2D eigenvalue weighted by atomic mass is 10.2. The first-order valence-electron chi connectivity index (χ1n) is 5.10. The van der Waals surface area contributed by atoms with E-state index in [-0.39, 0.29) is 12.4 Å². The minimum absolute atomic E-state index is 0. The number of benzene rings is 1. The Bertz CT molecular complexity index is 311. The monoisotopic (exact) mass is 225 g/mol. The summed E-state index contributed by atoms with van der Waals surface area (Å²) in [5.74, 6) is 1.06. The molecule has 0 atom stereocenters. The van der Waals surface area contributed by atoms with Gasteiger partial charge in [0, 0.05) is 13.0 Å². The van der Waals surface area contributed by atoms with Gasteiger partial charge in [0.2, 0.25) is 0 Å². The molecule has 2 rings (SSSR count). The van der Waals surface area contributed by atoms with E-state index in [0.717, 1.165) is 25.6 Å². The second kappa shape index (κ2) is 6.43. The second-order valence-corrected chi connectivity index (χ2v) is 3.45. The molecule has 82 valence electrons. The highest BCUT2D eigenvalue weighted by atomic mass is 35.5. The third-order valence-electron chi connectivity index (χ3n) is 2.30. The molecule has 0 saturated carbocycles. The zero-order chi connectivity index (χ0) is 9.64. The summed E-state index contributed by atoms with van der Waals surface area (Å²) < 4.78 is 0. The first kappa shape index (κ1) is 12.0. The molecule has 0 amide bonds. The maximum Gasteiger partial charge on any atom is 0.294 e. The van der Waals surface area contributed by atoms with Crippen LogP contribution in [0, 0.1) is 0 Å². The van der Waals surface area contributed by atoms with Gasteiger partial charge >= 0.3 is 0 Å². The van der Waals surface area contributed by atoms with Crippen molar-refractivity contribution in [3.8, 4) is 0 Å². The number of quaternary nitrogens is 1. The molecule has 1 aliphatic rings. The van der Waals surface area contributed by atoms with Gasteiger partial charge in [-0.05, 0) is 5.56 Å². The maximum atomic E-state index is 4.39. The van der Waals surface area contributed by atoms with Crippen LogP contribution < -0.4 is 23.0 Å². The van der Waals surface area contributed by atoms with Gasteiger partial charge in [-0.25, -0.2) is 4.99 Å². The van der Waals surface area contributed by atoms with Crippen LogP contribution in [0.25, 0.3) is 0 Å². The number of guanidine groups is 1. The van der Waals surface area contributed by atoms with Crippen LogP contribution in [0.4, 0.5) is 0 Å². The molecule has 3 N–H and O–H groups in total. The van der Waals surface area contributed by atoms with E-state index in [2.05, 4.69) is 39.9 Å². The van der Waals surface area contributed by atoms with Gasteiger partial charge in [-0.15, -0.1) is 0 Å². The molecule has 0 aliphatic carbocycles. The Balaban J connectivity index is 0.00000112. The lowest BCUT2D eigenvalue weighted by Crippen LogP contribution is -3.00. The van der Waals surface area contributed by atoms with Crippen LogP contribution in [0.15, 0.2) is 35.3 Å². The van der Waals surface area contributed by atoms with E-state index in [1.165, 1.54) is 12.0 Å². The number of halogens is 1. The molecule has 15 heavy (non-hydrogen) atoms. The van der Waals surface area contributed by atoms with Gasteiger partial charge in [-0.1, -0.05) is 30.3 Å². The molecule has 0 saturated heterocycles. The highest BCUT2D eigenvalue weighted by Gasteiger charge is 2.06. The molecule has 0 aromatic heterocycles. The topological polar surface area (TPSA) is 41.0 Å². The van der Waals surface area contributed by atoms with Crippen LogP contribution in [-0.4, -0.2) is 19.0 Å². The zero-order valence-electron chi connectivity index (χ0n) is 8.62. The number of aliphatic imine (C=N–C) groups is 1. The Morgan fingerprint density at radius 2 is 2.07 bits per heavy atom. The quantitative estimate of drug-likeness (QED) is 0.558. The molecular weight excluding hydrogens is 210 g/mol.